The molecule has 1 saturated carbocycles. The van der Waals surface area contributed by atoms with Crippen LogP contribution in [0.5, 0.6) is 5.75 Å². The van der Waals surface area contributed by atoms with Crippen molar-refractivity contribution in [2.45, 2.75) is 28.5 Å². The maximum atomic E-state index is 14.2. The molecular formula is C27H19Cl3FN3O6. The number of fused-ring (bicyclic) bond motifs is 4. The lowest BCUT2D eigenvalue weighted by molar-refractivity contribution is -0.136. The van der Waals surface area contributed by atoms with E-state index in [0.29, 0.717) is 10.5 Å². The molecule has 3 N–H and O–H groups in total. The molecule has 3 fully saturated rings. The first-order valence-electron chi connectivity index (χ1n) is 12.2. The number of halogens is 4. The minimum absolute atomic E-state index is 0.0146. The highest BCUT2D eigenvalue weighted by Gasteiger charge is 2.76. The quantitative estimate of drug-likeness (QED) is 0.303. The number of alkyl halides is 2. The smallest absolute Gasteiger partial charge is 0.328 e. The predicted octanol–water partition coefficient (Wildman–Crippen LogP) is 3.83. The van der Waals surface area contributed by atoms with E-state index in [9.17, 15) is 33.5 Å². The highest BCUT2D eigenvalue weighted by Crippen LogP contribution is 2.66. The molecule has 0 radical (unpaired) electrons. The van der Waals surface area contributed by atoms with Crippen LogP contribution in [0.4, 0.5) is 14.9 Å². The molecule has 0 aromatic heterocycles. The van der Waals surface area contributed by atoms with Crippen molar-refractivity contribution in [2.24, 2.45) is 23.5 Å². The number of allylic oxidation sites excluding steroid dienone is 2. The summed E-state index contributed by atoms with van der Waals surface area (Å²) >= 11 is 20.9. The fraction of sp³-hybridized carbons (Fsp3) is 0.296. The highest BCUT2D eigenvalue weighted by molar-refractivity contribution is 6.58. The van der Waals surface area contributed by atoms with Crippen molar-refractivity contribution in [1.82, 2.24) is 4.90 Å². The van der Waals surface area contributed by atoms with Crippen LogP contribution in [0.1, 0.15) is 24.3 Å². The number of hydrogen-bond donors (Lipinski definition) is 2. The second-order valence-electron chi connectivity index (χ2n) is 10.3. The van der Waals surface area contributed by atoms with Gasteiger partial charge in [0.1, 0.15) is 11.6 Å². The number of aromatic hydroxyl groups is 1. The van der Waals surface area contributed by atoms with Gasteiger partial charge in [0.25, 0.3) is 11.8 Å². The number of nitrogens with two attached hydrogens (primary N) is 1. The summed E-state index contributed by atoms with van der Waals surface area (Å²) in [7, 11) is 0. The van der Waals surface area contributed by atoms with Crippen molar-refractivity contribution in [3.8, 4) is 5.75 Å². The zero-order valence-electron chi connectivity index (χ0n) is 20.3. The molecule has 0 spiro atoms. The van der Waals surface area contributed by atoms with Gasteiger partial charge in [0, 0.05) is 10.9 Å². The summed E-state index contributed by atoms with van der Waals surface area (Å²) in [6, 6.07) is 7.39. The largest absolute Gasteiger partial charge is 0.508 e. The molecule has 0 unspecified atom stereocenters. The summed E-state index contributed by atoms with van der Waals surface area (Å²) in [6.07, 6.45) is 1.36. The number of likely N-dealkylation sites (tertiary alicyclic amines) is 1. The molecule has 0 bridgehead atoms. The molecule has 9 nitrogen and oxygen atoms in total. The van der Waals surface area contributed by atoms with Gasteiger partial charge in [0.15, 0.2) is 9.75 Å². The third-order valence-corrected chi connectivity index (χ3v) is 10.2. The number of carbonyl (C=O) groups excluding carboxylic acids is 5. The number of phenolic OH excluding ortho intramolecular Hbond substituents is 1. The summed E-state index contributed by atoms with van der Waals surface area (Å²) in [4.78, 5) is 63.4. The zero-order chi connectivity index (χ0) is 28.9. The molecule has 13 heteroatoms. The van der Waals surface area contributed by atoms with Gasteiger partial charge in [-0.3, -0.25) is 19.2 Å². The lowest BCUT2D eigenvalue weighted by atomic mass is 9.56. The van der Waals surface area contributed by atoms with E-state index in [2.05, 4.69) is 0 Å². The number of phenols is 1. The molecule has 206 valence electrons. The zero-order valence-corrected chi connectivity index (χ0v) is 22.6. The second kappa shape index (κ2) is 8.76. The van der Waals surface area contributed by atoms with Crippen LogP contribution in [0.2, 0.25) is 5.02 Å². The Labute approximate surface area is 241 Å². The molecule has 2 aliphatic heterocycles. The number of hydrogen-bond acceptors (Lipinski definition) is 6. The van der Waals surface area contributed by atoms with Gasteiger partial charge < -0.3 is 10.8 Å². The number of imide groups is 4. The Bertz CT molecular complexity index is 1580. The Kier molecular flexibility index (Phi) is 5.86. The van der Waals surface area contributed by atoms with Crippen molar-refractivity contribution in [3.63, 3.8) is 0 Å². The van der Waals surface area contributed by atoms with E-state index in [1.165, 1.54) is 30.3 Å². The van der Waals surface area contributed by atoms with Gasteiger partial charge in [-0.05, 0) is 60.7 Å². The summed E-state index contributed by atoms with van der Waals surface area (Å²) in [5, 5.41) is 10.0. The summed E-state index contributed by atoms with van der Waals surface area (Å²) in [6.45, 7) is 0. The molecule has 4 aliphatic rings. The number of anilines is 1. The van der Waals surface area contributed by atoms with Crippen LogP contribution < -0.4 is 10.6 Å². The molecular weight excluding hydrogens is 588 g/mol. The minimum Gasteiger partial charge on any atom is -0.508 e. The van der Waals surface area contributed by atoms with Crippen molar-refractivity contribution >= 4 is 70.2 Å². The van der Waals surface area contributed by atoms with Gasteiger partial charge in [-0.1, -0.05) is 29.3 Å². The van der Waals surface area contributed by atoms with Crippen molar-refractivity contribution in [1.29, 1.82) is 0 Å². The summed E-state index contributed by atoms with van der Waals surface area (Å²) in [5.74, 6) is -8.26. The molecule has 2 saturated heterocycles. The first-order chi connectivity index (χ1) is 18.8. The first-order valence-corrected chi connectivity index (χ1v) is 13.3. The van der Waals surface area contributed by atoms with Crippen LogP contribution in [-0.4, -0.2) is 49.4 Å². The Balaban J connectivity index is 1.58. The molecule has 6 atom stereocenters. The standard InChI is InChI=1S/C27H19Cl3FN3O6/c28-18-9-13(35)5-6-15(18)20-14-7-8-16-19(22(37)34(21(16)36)25(32)40)17(14)10-26(29)23(38)33(24(39)27(20,26)30)12-3-1-11(31)2-4-12/h1-7,9,16-17,19-20,35H,8,10H2,(H2,32,40)/t16-,17+,19-,20+,26+,27-/m0/s1. The number of nitrogens with zero attached hydrogens (tertiary/aromatic N) is 2. The number of primary amides is 1. The third-order valence-electron chi connectivity index (χ3n) is 8.41. The van der Waals surface area contributed by atoms with Crippen LogP contribution in [0.15, 0.2) is 54.1 Å². The van der Waals surface area contributed by atoms with Gasteiger partial charge in [0.2, 0.25) is 11.8 Å². The van der Waals surface area contributed by atoms with E-state index in [1.54, 1.807) is 6.08 Å². The summed E-state index contributed by atoms with van der Waals surface area (Å²) < 4.78 is 13.7. The number of urea groups is 1. The molecule has 2 aliphatic carbocycles. The van der Waals surface area contributed by atoms with Gasteiger partial charge >= 0.3 is 6.03 Å². The van der Waals surface area contributed by atoms with E-state index in [4.69, 9.17) is 40.5 Å². The third kappa shape index (κ3) is 3.30. The SMILES string of the molecule is NC(=O)N1C(=O)[C@H]2[C@H](CC=C3[C@H]2C[C@@]2(Cl)C(=O)N(c4ccc(F)cc4)C(=O)[C@@]2(Cl)[C@H]3c2ccc(O)cc2Cl)C1=O. The van der Waals surface area contributed by atoms with Crippen molar-refractivity contribution in [2.75, 3.05) is 4.90 Å². The lowest BCUT2D eigenvalue weighted by Gasteiger charge is -2.50. The lowest BCUT2D eigenvalue weighted by Crippen LogP contribution is -2.60. The second-order valence-corrected chi connectivity index (χ2v) is 12.0. The van der Waals surface area contributed by atoms with Crippen LogP contribution in [0.3, 0.4) is 0 Å². The maximum absolute atomic E-state index is 14.2. The fourth-order valence-corrected chi connectivity index (χ4v) is 7.92. The average molecular weight is 607 g/mol. The van der Waals surface area contributed by atoms with E-state index in [-0.39, 0.29) is 34.9 Å². The number of benzene rings is 2. The number of rotatable bonds is 2. The molecule has 40 heavy (non-hydrogen) atoms. The molecule has 2 aromatic carbocycles. The maximum Gasteiger partial charge on any atom is 0.328 e. The first kappa shape index (κ1) is 26.7. The molecule has 6 amide bonds. The fourth-order valence-electron chi connectivity index (χ4n) is 6.71. The summed E-state index contributed by atoms with van der Waals surface area (Å²) in [5.41, 5.74) is 6.05. The van der Waals surface area contributed by atoms with Gasteiger partial charge in [0.05, 0.1) is 17.5 Å². The van der Waals surface area contributed by atoms with E-state index in [0.717, 1.165) is 17.0 Å². The van der Waals surface area contributed by atoms with E-state index < -0.39 is 68.9 Å². The number of amides is 6. The molecule has 6 rings (SSSR count). The van der Waals surface area contributed by atoms with Crippen LogP contribution in [-0.2, 0) is 19.2 Å². The van der Waals surface area contributed by atoms with Crippen molar-refractivity contribution < 1.29 is 33.5 Å². The Hall–Kier alpha value is -3.47. The van der Waals surface area contributed by atoms with Gasteiger partial charge in [-0.2, -0.15) is 4.90 Å². The van der Waals surface area contributed by atoms with E-state index in [1.807, 2.05) is 0 Å². The number of carbonyl (C=O) groups is 5. The Morgan fingerprint density at radius 2 is 1.68 bits per heavy atom. The topological polar surface area (TPSA) is 138 Å². The molecule has 2 aromatic rings. The van der Waals surface area contributed by atoms with Crippen molar-refractivity contribution in [3.05, 3.63) is 70.5 Å². The monoisotopic (exact) mass is 605 g/mol. The average Bonchev–Trinajstić information content (AvgIpc) is 3.24. The van der Waals surface area contributed by atoms with Gasteiger partial charge in [-0.15, -0.1) is 23.2 Å². The predicted molar refractivity (Wildman–Crippen MR) is 141 cm³/mol. The normalized spacial score (nSPS) is 33.0. The Morgan fingerprint density at radius 3 is 2.30 bits per heavy atom. The highest BCUT2D eigenvalue weighted by atomic mass is 35.5. The molecule has 2 heterocycles. The van der Waals surface area contributed by atoms with Crippen LogP contribution in [0, 0.1) is 23.6 Å². The minimum atomic E-state index is -2.18. The van der Waals surface area contributed by atoms with Crippen LogP contribution >= 0.6 is 34.8 Å². The van der Waals surface area contributed by atoms with Crippen LogP contribution in [0.25, 0.3) is 0 Å². The van der Waals surface area contributed by atoms with E-state index >= 15 is 0 Å². The van der Waals surface area contributed by atoms with Gasteiger partial charge in [-0.25, -0.2) is 14.1 Å². The Morgan fingerprint density at radius 1 is 1.00 bits per heavy atom.